The van der Waals surface area contributed by atoms with E-state index in [4.69, 9.17) is 9.47 Å². The van der Waals surface area contributed by atoms with Crippen LogP contribution in [0.1, 0.15) is 22.5 Å². The van der Waals surface area contributed by atoms with Crippen LogP contribution in [0, 0.1) is 20.8 Å². The number of amides is 1. The summed E-state index contributed by atoms with van der Waals surface area (Å²) < 4.78 is 12.3. The predicted molar refractivity (Wildman–Crippen MR) is 94.6 cm³/mol. The minimum atomic E-state index is -0.215. The molecule has 1 N–H and O–H groups in total. The Morgan fingerprint density at radius 3 is 2.33 bits per heavy atom. The molecule has 0 saturated heterocycles. The van der Waals surface area contributed by atoms with Crippen LogP contribution in [0.3, 0.4) is 0 Å². The van der Waals surface area contributed by atoms with Gasteiger partial charge in [0.05, 0.1) is 19.9 Å². The van der Waals surface area contributed by atoms with E-state index in [1.807, 2.05) is 33.9 Å². The topological polar surface area (TPSA) is 65.4 Å². The summed E-state index contributed by atoms with van der Waals surface area (Å²) in [5, 5.41) is 7.20. The van der Waals surface area contributed by atoms with Crippen molar-refractivity contribution in [3.8, 4) is 11.5 Å². The predicted octanol–water partition coefficient (Wildman–Crippen LogP) is 3.01. The van der Waals surface area contributed by atoms with E-state index in [0.717, 1.165) is 22.5 Å². The van der Waals surface area contributed by atoms with Crippen LogP contribution >= 0.6 is 0 Å². The van der Waals surface area contributed by atoms with Crippen molar-refractivity contribution in [3.05, 3.63) is 40.7 Å². The van der Waals surface area contributed by atoms with Crippen molar-refractivity contribution in [2.75, 3.05) is 19.5 Å². The van der Waals surface area contributed by atoms with Gasteiger partial charge in [-0.25, -0.2) is 0 Å². The third kappa shape index (κ3) is 3.59. The van der Waals surface area contributed by atoms with Gasteiger partial charge in [-0.3, -0.25) is 9.48 Å². The van der Waals surface area contributed by atoms with Crippen LogP contribution in [0.25, 0.3) is 6.08 Å². The highest BCUT2D eigenvalue weighted by Gasteiger charge is 2.11. The lowest BCUT2D eigenvalue weighted by atomic mass is 10.1. The van der Waals surface area contributed by atoms with Crippen molar-refractivity contribution in [2.45, 2.75) is 20.8 Å². The van der Waals surface area contributed by atoms with Gasteiger partial charge in [-0.1, -0.05) is 0 Å². The third-order valence-electron chi connectivity index (χ3n) is 3.95. The molecule has 2 rings (SSSR count). The summed E-state index contributed by atoms with van der Waals surface area (Å²) in [4.78, 5) is 12.2. The summed E-state index contributed by atoms with van der Waals surface area (Å²) in [5.41, 5.74) is 4.43. The van der Waals surface area contributed by atoms with Crippen LogP contribution in [-0.2, 0) is 11.8 Å². The largest absolute Gasteiger partial charge is 0.493 e. The van der Waals surface area contributed by atoms with E-state index in [0.29, 0.717) is 17.2 Å². The molecule has 1 amide bonds. The van der Waals surface area contributed by atoms with Crippen molar-refractivity contribution in [1.82, 2.24) is 9.78 Å². The van der Waals surface area contributed by atoms with E-state index in [2.05, 4.69) is 10.4 Å². The zero-order valence-electron chi connectivity index (χ0n) is 14.9. The van der Waals surface area contributed by atoms with E-state index in [1.54, 1.807) is 31.0 Å². The molecule has 24 heavy (non-hydrogen) atoms. The molecule has 0 unspecified atom stereocenters. The van der Waals surface area contributed by atoms with Crippen molar-refractivity contribution < 1.29 is 14.3 Å². The maximum atomic E-state index is 12.2. The molecule has 6 heteroatoms. The van der Waals surface area contributed by atoms with Crippen LogP contribution in [-0.4, -0.2) is 29.9 Å². The molecule has 0 bridgehead atoms. The first-order valence-electron chi connectivity index (χ1n) is 7.59. The number of nitrogens with one attached hydrogen (secondary N) is 1. The Kier molecular flexibility index (Phi) is 5.28. The third-order valence-corrected chi connectivity index (χ3v) is 3.95. The summed E-state index contributed by atoms with van der Waals surface area (Å²) in [6.07, 6.45) is 3.29. The van der Waals surface area contributed by atoms with Gasteiger partial charge in [-0.05, 0) is 38.5 Å². The summed E-state index contributed by atoms with van der Waals surface area (Å²) >= 11 is 0. The molecule has 0 radical (unpaired) electrons. The first-order valence-corrected chi connectivity index (χ1v) is 7.59. The minimum absolute atomic E-state index is 0.215. The number of nitrogens with zero attached hydrogens (tertiary/aromatic N) is 2. The molecule has 0 atom stereocenters. The number of hydrogen-bond acceptors (Lipinski definition) is 4. The molecule has 0 spiro atoms. The fourth-order valence-corrected chi connectivity index (χ4v) is 2.48. The second-order valence-electron chi connectivity index (χ2n) is 5.55. The normalized spacial score (nSPS) is 10.9. The molecule has 1 aromatic carbocycles. The molecule has 6 nitrogen and oxygen atoms in total. The molecule has 0 saturated carbocycles. The second-order valence-corrected chi connectivity index (χ2v) is 5.55. The number of ether oxygens (including phenoxy) is 2. The Bertz CT molecular complexity index is 791. The maximum absolute atomic E-state index is 12.2. The quantitative estimate of drug-likeness (QED) is 0.857. The zero-order chi connectivity index (χ0) is 17.9. The van der Waals surface area contributed by atoms with Gasteiger partial charge in [-0.2, -0.15) is 5.10 Å². The number of rotatable bonds is 5. The van der Waals surface area contributed by atoms with Gasteiger partial charge in [0, 0.05) is 36.1 Å². The van der Waals surface area contributed by atoms with Crippen LogP contribution < -0.4 is 14.8 Å². The summed E-state index contributed by atoms with van der Waals surface area (Å²) in [7, 11) is 5.02. The fraction of sp³-hybridized carbons (Fsp3) is 0.333. The number of methoxy groups -OCH3 is 2. The van der Waals surface area contributed by atoms with Crippen LogP contribution in [0.15, 0.2) is 18.2 Å². The maximum Gasteiger partial charge on any atom is 0.248 e. The molecule has 0 aliphatic rings. The molecule has 0 aliphatic carbocycles. The van der Waals surface area contributed by atoms with Crippen molar-refractivity contribution in [2.24, 2.45) is 7.05 Å². The van der Waals surface area contributed by atoms with Gasteiger partial charge in [0.1, 0.15) is 0 Å². The number of aromatic nitrogens is 2. The first-order chi connectivity index (χ1) is 11.4. The van der Waals surface area contributed by atoms with E-state index in [-0.39, 0.29) is 5.91 Å². The highest BCUT2D eigenvalue weighted by Crippen LogP contribution is 2.32. The van der Waals surface area contributed by atoms with Gasteiger partial charge < -0.3 is 14.8 Å². The summed E-state index contributed by atoms with van der Waals surface area (Å²) in [5.74, 6) is 0.986. The molecule has 128 valence electrons. The number of anilines is 1. The Morgan fingerprint density at radius 2 is 1.79 bits per heavy atom. The number of hydrogen-bond donors (Lipinski definition) is 1. The number of benzene rings is 1. The molecule has 0 aliphatic heterocycles. The molecule has 2 aromatic rings. The molecule has 0 fully saturated rings. The Balaban J connectivity index is 2.19. The average Bonchev–Trinajstić information content (AvgIpc) is 2.79. The van der Waals surface area contributed by atoms with Gasteiger partial charge >= 0.3 is 0 Å². The van der Waals surface area contributed by atoms with Crippen molar-refractivity contribution >= 4 is 17.7 Å². The Labute approximate surface area is 142 Å². The summed E-state index contributed by atoms with van der Waals surface area (Å²) in [6, 6.07) is 3.58. The Hall–Kier alpha value is -2.76. The number of carbonyl (C=O) groups is 1. The lowest BCUT2D eigenvalue weighted by Gasteiger charge is -2.12. The van der Waals surface area contributed by atoms with E-state index in [9.17, 15) is 4.79 Å². The fourth-order valence-electron chi connectivity index (χ4n) is 2.48. The second kappa shape index (κ2) is 7.21. The summed E-state index contributed by atoms with van der Waals surface area (Å²) in [6.45, 7) is 5.79. The molecular formula is C18H23N3O3. The molecule has 1 aromatic heterocycles. The monoisotopic (exact) mass is 329 g/mol. The van der Waals surface area contributed by atoms with Crippen LogP contribution in [0.2, 0.25) is 0 Å². The number of carbonyl (C=O) groups excluding carboxylic acids is 1. The van der Waals surface area contributed by atoms with Crippen molar-refractivity contribution in [3.63, 3.8) is 0 Å². The molecular weight excluding hydrogens is 306 g/mol. The smallest absolute Gasteiger partial charge is 0.248 e. The van der Waals surface area contributed by atoms with E-state index in [1.165, 1.54) is 6.08 Å². The highest BCUT2D eigenvalue weighted by atomic mass is 16.5. The van der Waals surface area contributed by atoms with Crippen molar-refractivity contribution in [1.29, 1.82) is 0 Å². The van der Waals surface area contributed by atoms with Gasteiger partial charge in [0.2, 0.25) is 5.91 Å². The average molecular weight is 329 g/mol. The van der Waals surface area contributed by atoms with Crippen LogP contribution in [0.4, 0.5) is 5.69 Å². The number of aryl methyl sites for hydroxylation is 3. The minimum Gasteiger partial charge on any atom is -0.493 e. The standard InChI is InChI=1S/C18H23N3O3/c1-11-9-16(23-5)17(24-6)10-15(11)19-18(22)8-7-14-12(2)20-21(4)13(14)3/h7-10H,1-6H3,(H,19,22)/b8-7+. The highest BCUT2D eigenvalue weighted by molar-refractivity contribution is 6.02. The lowest BCUT2D eigenvalue weighted by Crippen LogP contribution is -2.09. The van der Waals surface area contributed by atoms with Gasteiger partial charge in [0.25, 0.3) is 0 Å². The zero-order valence-corrected chi connectivity index (χ0v) is 14.9. The SMILES string of the molecule is COc1cc(C)c(NC(=O)/C=C/c2c(C)nn(C)c2C)cc1OC. The lowest BCUT2D eigenvalue weighted by molar-refractivity contribution is -0.111. The van der Waals surface area contributed by atoms with Crippen LogP contribution in [0.5, 0.6) is 11.5 Å². The van der Waals surface area contributed by atoms with Gasteiger partial charge in [0.15, 0.2) is 11.5 Å². The van der Waals surface area contributed by atoms with E-state index < -0.39 is 0 Å². The molecule has 1 heterocycles. The first kappa shape index (κ1) is 17.6. The van der Waals surface area contributed by atoms with Gasteiger partial charge in [-0.15, -0.1) is 0 Å². The Morgan fingerprint density at radius 1 is 1.17 bits per heavy atom. The van der Waals surface area contributed by atoms with E-state index >= 15 is 0 Å².